The van der Waals surface area contributed by atoms with Gasteiger partial charge in [0.15, 0.2) is 5.96 Å². The zero-order chi connectivity index (χ0) is 15.1. The van der Waals surface area contributed by atoms with Gasteiger partial charge in [0, 0.05) is 25.7 Å². The summed E-state index contributed by atoms with van der Waals surface area (Å²) in [5.74, 6) is 1.73. The Labute approximate surface area is 148 Å². The number of benzene rings is 1. The molecule has 0 aromatic heterocycles. The molecule has 0 aliphatic heterocycles. The fourth-order valence-corrected chi connectivity index (χ4v) is 2.32. The first kappa shape index (κ1) is 18.6. The Morgan fingerprint density at radius 3 is 2.68 bits per heavy atom. The van der Waals surface area contributed by atoms with Crippen molar-refractivity contribution in [2.24, 2.45) is 4.99 Å². The zero-order valence-electron chi connectivity index (χ0n) is 13.0. The summed E-state index contributed by atoms with van der Waals surface area (Å²) < 4.78 is 5.07. The first-order chi connectivity index (χ1) is 10.2. The summed E-state index contributed by atoms with van der Waals surface area (Å²) >= 11 is 0. The summed E-state index contributed by atoms with van der Waals surface area (Å²) in [6.45, 7) is 0.708. The molecule has 1 aromatic carbocycles. The first-order valence-corrected chi connectivity index (χ1v) is 7.21. The lowest BCUT2D eigenvalue weighted by Gasteiger charge is -2.17. The topological polar surface area (TPSA) is 65.9 Å². The van der Waals surface area contributed by atoms with Crippen LogP contribution in [0.15, 0.2) is 35.3 Å². The SMILES string of the molecule is CN=C(NCCc1ccc(OC)cc1O)NC1CC=CC1.I. The van der Waals surface area contributed by atoms with Gasteiger partial charge < -0.3 is 20.5 Å². The standard InChI is InChI=1S/C16H23N3O2.HI/c1-17-16(19-13-5-3-4-6-13)18-10-9-12-7-8-14(21-2)11-15(12)20;/h3-4,7-8,11,13,20H,5-6,9-10H2,1-2H3,(H2,17,18,19);1H. The van der Waals surface area contributed by atoms with Crippen LogP contribution >= 0.6 is 24.0 Å². The number of hydrogen-bond acceptors (Lipinski definition) is 3. The Morgan fingerprint density at radius 2 is 2.09 bits per heavy atom. The molecule has 0 fully saturated rings. The number of rotatable bonds is 5. The van der Waals surface area contributed by atoms with Crippen LogP contribution in [0.3, 0.4) is 0 Å². The number of methoxy groups -OCH3 is 1. The minimum Gasteiger partial charge on any atom is -0.508 e. The molecule has 22 heavy (non-hydrogen) atoms. The number of aliphatic imine (C=N–C) groups is 1. The van der Waals surface area contributed by atoms with Gasteiger partial charge in [0.2, 0.25) is 0 Å². The highest BCUT2D eigenvalue weighted by molar-refractivity contribution is 14.0. The van der Waals surface area contributed by atoms with Crippen molar-refractivity contribution in [1.82, 2.24) is 10.6 Å². The second-order valence-electron chi connectivity index (χ2n) is 5.03. The molecular formula is C16H24IN3O2. The largest absolute Gasteiger partial charge is 0.508 e. The lowest BCUT2D eigenvalue weighted by molar-refractivity contribution is 0.406. The van der Waals surface area contributed by atoms with Gasteiger partial charge in [-0.05, 0) is 30.9 Å². The van der Waals surface area contributed by atoms with Crippen molar-refractivity contribution in [3.05, 3.63) is 35.9 Å². The Morgan fingerprint density at radius 1 is 1.36 bits per heavy atom. The average Bonchev–Trinajstić information content (AvgIpc) is 3.00. The van der Waals surface area contributed by atoms with Crippen LogP contribution in [-0.4, -0.2) is 37.8 Å². The highest BCUT2D eigenvalue weighted by Gasteiger charge is 2.11. The van der Waals surface area contributed by atoms with Crippen molar-refractivity contribution in [3.63, 3.8) is 0 Å². The van der Waals surface area contributed by atoms with Gasteiger partial charge in [-0.2, -0.15) is 0 Å². The zero-order valence-corrected chi connectivity index (χ0v) is 15.3. The van der Waals surface area contributed by atoms with Gasteiger partial charge >= 0.3 is 0 Å². The molecule has 0 spiro atoms. The maximum absolute atomic E-state index is 9.91. The molecule has 1 aliphatic carbocycles. The third-order valence-electron chi connectivity index (χ3n) is 3.55. The van der Waals surface area contributed by atoms with E-state index in [1.807, 2.05) is 12.1 Å². The summed E-state index contributed by atoms with van der Waals surface area (Å²) in [5.41, 5.74) is 0.890. The third-order valence-corrected chi connectivity index (χ3v) is 3.55. The van der Waals surface area contributed by atoms with Crippen molar-refractivity contribution in [3.8, 4) is 11.5 Å². The van der Waals surface area contributed by atoms with E-state index in [0.717, 1.165) is 30.8 Å². The molecule has 6 heteroatoms. The predicted molar refractivity (Wildman–Crippen MR) is 100 cm³/mol. The molecular weight excluding hydrogens is 393 g/mol. The normalized spacial score (nSPS) is 14.5. The van der Waals surface area contributed by atoms with Crippen LogP contribution in [0.1, 0.15) is 18.4 Å². The summed E-state index contributed by atoms with van der Waals surface area (Å²) in [7, 11) is 3.35. The molecule has 122 valence electrons. The third kappa shape index (κ3) is 5.40. The molecule has 0 atom stereocenters. The molecule has 0 amide bonds. The number of guanidine groups is 1. The molecule has 3 N–H and O–H groups in total. The van der Waals surface area contributed by atoms with Gasteiger partial charge in [0.25, 0.3) is 0 Å². The molecule has 2 rings (SSSR count). The van der Waals surface area contributed by atoms with E-state index in [2.05, 4.69) is 27.8 Å². The second-order valence-corrected chi connectivity index (χ2v) is 5.03. The van der Waals surface area contributed by atoms with Crippen LogP contribution in [0.25, 0.3) is 0 Å². The van der Waals surface area contributed by atoms with Crippen LogP contribution in [0.5, 0.6) is 11.5 Å². The molecule has 0 heterocycles. The minimum absolute atomic E-state index is 0. The number of phenols is 1. The molecule has 0 radical (unpaired) electrons. The first-order valence-electron chi connectivity index (χ1n) is 7.21. The molecule has 5 nitrogen and oxygen atoms in total. The lowest BCUT2D eigenvalue weighted by Crippen LogP contribution is -2.43. The number of phenolic OH excluding ortho intramolecular Hbond substituents is 1. The number of halogens is 1. The second kappa shape index (κ2) is 9.55. The summed E-state index contributed by atoms with van der Waals surface area (Å²) in [6, 6.07) is 5.80. The Kier molecular flexibility index (Phi) is 8.08. The summed E-state index contributed by atoms with van der Waals surface area (Å²) in [4.78, 5) is 4.22. The monoisotopic (exact) mass is 417 g/mol. The lowest BCUT2D eigenvalue weighted by atomic mass is 10.1. The van der Waals surface area contributed by atoms with Gasteiger partial charge in [-0.3, -0.25) is 4.99 Å². The van der Waals surface area contributed by atoms with E-state index in [0.29, 0.717) is 18.3 Å². The van der Waals surface area contributed by atoms with Crippen LogP contribution < -0.4 is 15.4 Å². The summed E-state index contributed by atoms with van der Waals surface area (Å²) in [6.07, 6.45) is 7.17. The van der Waals surface area contributed by atoms with Gasteiger partial charge in [-0.25, -0.2) is 0 Å². The molecule has 1 aromatic rings. The van der Waals surface area contributed by atoms with Crippen molar-refractivity contribution < 1.29 is 9.84 Å². The molecule has 0 saturated carbocycles. The van der Waals surface area contributed by atoms with E-state index >= 15 is 0 Å². The highest BCUT2D eigenvalue weighted by atomic mass is 127. The van der Waals surface area contributed by atoms with E-state index in [-0.39, 0.29) is 29.7 Å². The van der Waals surface area contributed by atoms with Crippen molar-refractivity contribution >= 4 is 29.9 Å². The predicted octanol–water partition coefficient (Wildman–Crippen LogP) is 2.44. The van der Waals surface area contributed by atoms with E-state index in [1.54, 1.807) is 20.2 Å². The highest BCUT2D eigenvalue weighted by Crippen LogP contribution is 2.23. The number of hydrogen-bond donors (Lipinski definition) is 3. The van der Waals surface area contributed by atoms with Gasteiger partial charge in [0.05, 0.1) is 7.11 Å². The van der Waals surface area contributed by atoms with Crippen LogP contribution in [0, 0.1) is 0 Å². The Hall–Kier alpha value is -1.44. The molecule has 0 unspecified atom stereocenters. The summed E-state index contributed by atoms with van der Waals surface area (Å²) in [5, 5.41) is 16.6. The Bertz CT molecular complexity index is 524. The maximum atomic E-state index is 9.91. The van der Waals surface area contributed by atoms with E-state index in [4.69, 9.17) is 4.74 Å². The number of nitrogens with one attached hydrogen (secondary N) is 2. The fraction of sp³-hybridized carbons (Fsp3) is 0.438. The number of ether oxygens (including phenoxy) is 1. The average molecular weight is 417 g/mol. The van der Waals surface area contributed by atoms with Gasteiger partial charge in [-0.1, -0.05) is 18.2 Å². The van der Waals surface area contributed by atoms with Gasteiger partial charge in [-0.15, -0.1) is 24.0 Å². The molecule has 0 bridgehead atoms. The minimum atomic E-state index is 0. The smallest absolute Gasteiger partial charge is 0.191 e. The van der Waals surface area contributed by atoms with E-state index in [9.17, 15) is 5.11 Å². The van der Waals surface area contributed by atoms with Gasteiger partial charge in [0.1, 0.15) is 11.5 Å². The number of nitrogens with zero attached hydrogens (tertiary/aromatic N) is 1. The number of aromatic hydroxyl groups is 1. The Balaban J connectivity index is 0.00000242. The fourth-order valence-electron chi connectivity index (χ4n) is 2.32. The van der Waals surface area contributed by atoms with Crippen LogP contribution in [-0.2, 0) is 6.42 Å². The van der Waals surface area contributed by atoms with Crippen LogP contribution in [0.4, 0.5) is 0 Å². The maximum Gasteiger partial charge on any atom is 0.191 e. The van der Waals surface area contributed by atoms with Crippen molar-refractivity contribution in [1.29, 1.82) is 0 Å². The molecule has 1 aliphatic rings. The van der Waals surface area contributed by atoms with Crippen molar-refractivity contribution in [2.45, 2.75) is 25.3 Å². The van der Waals surface area contributed by atoms with Crippen molar-refractivity contribution in [2.75, 3.05) is 20.7 Å². The van der Waals surface area contributed by atoms with E-state index in [1.165, 1.54) is 0 Å². The quantitative estimate of drug-likeness (QED) is 0.298. The van der Waals surface area contributed by atoms with Crippen LogP contribution in [0.2, 0.25) is 0 Å². The molecule has 0 saturated heterocycles. The van der Waals surface area contributed by atoms with E-state index < -0.39 is 0 Å².